The molecule has 0 aliphatic rings. The molecule has 0 aliphatic carbocycles. The molecule has 5 nitrogen and oxygen atoms in total. The largest absolute Gasteiger partial charge is 0.481 e. The van der Waals surface area contributed by atoms with E-state index < -0.39 is 5.97 Å². The summed E-state index contributed by atoms with van der Waals surface area (Å²) < 4.78 is 0. The highest BCUT2D eigenvalue weighted by atomic mass is 32.2. The molecule has 2 aromatic carbocycles. The highest BCUT2D eigenvalue weighted by Crippen LogP contribution is 2.33. The monoisotopic (exact) mass is 405 g/mol. The van der Waals surface area contributed by atoms with E-state index in [0.717, 1.165) is 58.5 Å². The molecule has 2 N–H and O–H groups in total. The van der Waals surface area contributed by atoms with Gasteiger partial charge in [0.25, 0.3) is 0 Å². The average Bonchev–Trinajstić information content (AvgIpc) is 2.74. The van der Waals surface area contributed by atoms with Crippen LogP contribution in [0.5, 0.6) is 0 Å². The van der Waals surface area contributed by atoms with E-state index >= 15 is 0 Å². The predicted molar refractivity (Wildman–Crippen MR) is 118 cm³/mol. The number of aromatic nitrogens is 1. The highest BCUT2D eigenvalue weighted by molar-refractivity contribution is 7.99. The molecule has 0 amide bonds. The number of hydrogen-bond donors (Lipinski definition) is 2. The lowest BCUT2D eigenvalue weighted by Gasteiger charge is -2.14. The molecule has 148 valence electrons. The molecule has 1 heterocycles. The second-order valence-electron chi connectivity index (χ2n) is 6.72. The number of aliphatic carboxylic acids is 1. The van der Waals surface area contributed by atoms with Crippen molar-refractivity contribution in [3.8, 4) is 6.07 Å². The average molecular weight is 406 g/mol. The number of pyridine rings is 1. The first-order chi connectivity index (χ1) is 14.2. The summed E-state index contributed by atoms with van der Waals surface area (Å²) in [4.78, 5) is 15.9. The number of nitrogens with one attached hydrogen (secondary N) is 1. The Bertz CT molecular complexity index is 1030. The molecule has 0 aliphatic heterocycles. The zero-order valence-electron chi connectivity index (χ0n) is 16.1. The lowest BCUT2D eigenvalue weighted by atomic mass is 10.0. The minimum Gasteiger partial charge on any atom is -0.481 e. The van der Waals surface area contributed by atoms with Crippen LogP contribution in [0.15, 0.2) is 59.8 Å². The Morgan fingerprint density at radius 3 is 2.62 bits per heavy atom. The summed E-state index contributed by atoms with van der Waals surface area (Å²) >= 11 is 1.77. The van der Waals surface area contributed by atoms with Crippen LogP contribution in [0, 0.1) is 11.3 Å². The van der Waals surface area contributed by atoms with E-state index in [-0.39, 0.29) is 6.42 Å². The fraction of sp³-hybridized carbons (Fsp3) is 0.261. The fourth-order valence-electron chi connectivity index (χ4n) is 3.17. The van der Waals surface area contributed by atoms with Gasteiger partial charge in [-0.3, -0.25) is 9.78 Å². The van der Waals surface area contributed by atoms with Gasteiger partial charge in [-0.1, -0.05) is 37.1 Å². The lowest BCUT2D eigenvalue weighted by molar-refractivity contribution is -0.137. The number of carboxylic acid groups (broad SMARTS) is 1. The molecule has 29 heavy (non-hydrogen) atoms. The maximum absolute atomic E-state index is 10.5. The second kappa shape index (κ2) is 10.5. The van der Waals surface area contributed by atoms with Crippen LogP contribution in [0.2, 0.25) is 0 Å². The number of carboxylic acids is 1. The number of hydrogen-bond acceptors (Lipinski definition) is 5. The molecule has 6 heteroatoms. The Balaban J connectivity index is 1.65. The number of fused-ring (bicyclic) bond motifs is 1. The number of benzene rings is 2. The quantitative estimate of drug-likeness (QED) is 0.319. The zero-order valence-corrected chi connectivity index (χ0v) is 16.9. The van der Waals surface area contributed by atoms with Gasteiger partial charge in [0.2, 0.25) is 0 Å². The van der Waals surface area contributed by atoms with Crippen molar-refractivity contribution in [1.29, 1.82) is 5.26 Å². The van der Waals surface area contributed by atoms with Gasteiger partial charge < -0.3 is 10.4 Å². The van der Waals surface area contributed by atoms with Crippen molar-refractivity contribution in [2.75, 3.05) is 11.1 Å². The number of rotatable bonds is 10. The Morgan fingerprint density at radius 1 is 1.03 bits per heavy atom. The van der Waals surface area contributed by atoms with E-state index in [1.54, 1.807) is 18.0 Å². The summed E-state index contributed by atoms with van der Waals surface area (Å²) in [6.45, 7) is 0. The van der Waals surface area contributed by atoms with Gasteiger partial charge in [0.15, 0.2) is 0 Å². The Labute approximate surface area is 174 Å². The number of thioether (sulfide) groups is 1. The summed E-state index contributed by atoms with van der Waals surface area (Å²) in [5, 5.41) is 23.4. The van der Waals surface area contributed by atoms with Crippen LogP contribution in [0.3, 0.4) is 0 Å². The Morgan fingerprint density at radius 2 is 1.83 bits per heavy atom. The molecule has 0 fully saturated rings. The first-order valence-electron chi connectivity index (χ1n) is 9.66. The third-order valence-corrected chi connectivity index (χ3v) is 5.80. The van der Waals surface area contributed by atoms with Crippen molar-refractivity contribution in [3.63, 3.8) is 0 Å². The molecule has 1 aromatic heterocycles. The fourth-order valence-corrected chi connectivity index (χ4v) is 4.15. The van der Waals surface area contributed by atoms with Gasteiger partial charge in [-0.05, 0) is 36.8 Å². The molecule has 3 aromatic rings. The molecule has 0 atom stereocenters. The van der Waals surface area contributed by atoms with Gasteiger partial charge in [0, 0.05) is 34.0 Å². The molecule has 0 unspecified atom stereocenters. The summed E-state index contributed by atoms with van der Waals surface area (Å²) in [5.41, 5.74) is 2.55. The maximum Gasteiger partial charge on any atom is 0.303 e. The van der Waals surface area contributed by atoms with Gasteiger partial charge in [-0.2, -0.15) is 5.26 Å². The molecule has 0 saturated heterocycles. The molecular formula is C23H23N3O2S. The first-order valence-corrected chi connectivity index (χ1v) is 10.6. The molecule has 3 rings (SSSR count). The SMILES string of the molecule is N#Cc1ccc(Nc2cnccc2SCCCCCCC(=O)O)c2ccccc12. The number of unbranched alkanes of at least 4 members (excludes halogenated alkanes) is 3. The van der Waals surface area contributed by atoms with E-state index in [1.807, 2.05) is 48.7 Å². The van der Waals surface area contributed by atoms with Crippen molar-refractivity contribution in [2.45, 2.75) is 37.0 Å². The van der Waals surface area contributed by atoms with Crippen LogP contribution >= 0.6 is 11.8 Å². The van der Waals surface area contributed by atoms with Gasteiger partial charge in [-0.15, -0.1) is 11.8 Å². The Kier molecular flexibility index (Phi) is 7.48. The van der Waals surface area contributed by atoms with E-state index in [0.29, 0.717) is 5.56 Å². The van der Waals surface area contributed by atoms with Gasteiger partial charge in [-0.25, -0.2) is 0 Å². The summed E-state index contributed by atoms with van der Waals surface area (Å²) in [5.74, 6) is 0.252. The Hall–Kier alpha value is -3.04. The van der Waals surface area contributed by atoms with Gasteiger partial charge in [0.05, 0.1) is 23.5 Å². The van der Waals surface area contributed by atoms with E-state index in [2.05, 4.69) is 16.4 Å². The minimum atomic E-state index is -0.720. The van der Waals surface area contributed by atoms with Gasteiger partial charge in [0.1, 0.15) is 0 Å². The number of nitrogens with zero attached hydrogens (tertiary/aromatic N) is 2. The molecule has 0 radical (unpaired) electrons. The third kappa shape index (κ3) is 5.72. The molecular weight excluding hydrogens is 382 g/mol. The van der Waals surface area contributed by atoms with Crippen molar-refractivity contribution in [2.24, 2.45) is 0 Å². The van der Waals surface area contributed by atoms with Crippen molar-refractivity contribution >= 4 is 39.9 Å². The van der Waals surface area contributed by atoms with Crippen LogP contribution in [0.1, 0.15) is 37.7 Å². The smallest absolute Gasteiger partial charge is 0.303 e. The van der Waals surface area contributed by atoms with Crippen LogP contribution in [-0.4, -0.2) is 21.8 Å². The third-order valence-electron chi connectivity index (χ3n) is 4.64. The van der Waals surface area contributed by atoms with Crippen LogP contribution in [0.4, 0.5) is 11.4 Å². The number of carbonyl (C=O) groups is 1. The second-order valence-corrected chi connectivity index (χ2v) is 7.86. The number of anilines is 2. The first kappa shape index (κ1) is 20.7. The minimum absolute atomic E-state index is 0.254. The zero-order chi connectivity index (χ0) is 20.5. The van der Waals surface area contributed by atoms with Crippen molar-refractivity contribution in [3.05, 3.63) is 60.4 Å². The van der Waals surface area contributed by atoms with Crippen LogP contribution in [-0.2, 0) is 4.79 Å². The summed E-state index contributed by atoms with van der Waals surface area (Å²) in [7, 11) is 0. The van der Waals surface area contributed by atoms with Crippen molar-refractivity contribution < 1.29 is 9.90 Å². The van der Waals surface area contributed by atoms with E-state index in [1.165, 1.54) is 0 Å². The normalized spacial score (nSPS) is 10.6. The van der Waals surface area contributed by atoms with E-state index in [4.69, 9.17) is 5.11 Å². The standard InChI is InChI=1S/C23H23N3O2S/c24-15-17-10-11-20(19-8-5-4-7-18(17)19)26-21-16-25-13-12-22(21)29-14-6-2-1-3-9-23(27)28/h4-5,7-8,10-13,16,26H,1-3,6,9,14H2,(H,27,28). The van der Waals surface area contributed by atoms with Gasteiger partial charge >= 0.3 is 5.97 Å². The lowest BCUT2D eigenvalue weighted by Crippen LogP contribution is -1.96. The van der Waals surface area contributed by atoms with E-state index in [9.17, 15) is 10.1 Å². The van der Waals surface area contributed by atoms with Crippen LogP contribution < -0.4 is 5.32 Å². The number of nitriles is 1. The van der Waals surface area contributed by atoms with Crippen molar-refractivity contribution in [1.82, 2.24) is 4.98 Å². The molecule has 0 saturated carbocycles. The topological polar surface area (TPSA) is 86.0 Å². The molecule has 0 spiro atoms. The van der Waals surface area contributed by atoms with Crippen LogP contribution in [0.25, 0.3) is 10.8 Å². The highest BCUT2D eigenvalue weighted by Gasteiger charge is 2.09. The summed E-state index contributed by atoms with van der Waals surface area (Å²) in [6, 6.07) is 15.9. The summed E-state index contributed by atoms with van der Waals surface area (Å²) in [6.07, 6.45) is 7.64. The maximum atomic E-state index is 10.5. The molecule has 0 bridgehead atoms. The predicted octanol–water partition coefficient (Wildman–Crippen LogP) is 5.98.